The second kappa shape index (κ2) is 7.15. The topological polar surface area (TPSA) is 42.3 Å². The first-order valence-electron chi connectivity index (χ1n) is 8.25. The van der Waals surface area contributed by atoms with Crippen molar-refractivity contribution in [2.45, 2.75) is 18.9 Å². The number of imidazole rings is 1. The molecule has 1 fully saturated rings. The maximum absolute atomic E-state index is 5.25. The van der Waals surface area contributed by atoms with Crippen molar-refractivity contribution in [3.05, 3.63) is 48.0 Å². The fraction of sp³-hybridized carbons (Fsp3) is 0.500. The van der Waals surface area contributed by atoms with Gasteiger partial charge < -0.3 is 14.6 Å². The highest BCUT2D eigenvalue weighted by Crippen LogP contribution is 2.26. The molecule has 0 aliphatic carbocycles. The van der Waals surface area contributed by atoms with Crippen LogP contribution in [0.25, 0.3) is 0 Å². The van der Waals surface area contributed by atoms with Gasteiger partial charge in [0.05, 0.1) is 13.2 Å². The van der Waals surface area contributed by atoms with Gasteiger partial charge in [-0.05, 0) is 23.6 Å². The number of nitrogens with zero attached hydrogens (tertiary/aromatic N) is 3. The Bertz CT molecular complexity index is 622. The maximum Gasteiger partial charge on any atom is 0.127 e. The lowest BCUT2D eigenvalue weighted by atomic mass is 9.99. The molecule has 1 aliphatic rings. The van der Waals surface area contributed by atoms with E-state index in [2.05, 4.69) is 45.9 Å². The monoisotopic (exact) mass is 314 g/mol. The van der Waals surface area contributed by atoms with Crippen LogP contribution in [-0.4, -0.2) is 47.7 Å². The summed E-state index contributed by atoms with van der Waals surface area (Å²) in [5.74, 6) is 2.52. The van der Waals surface area contributed by atoms with Crippen molar-refractivity contribution in [2.75, 3.05) is 33.3 Å². The van der Waals surface area contributed by atoms with Crippen LogP contribution in [0.2, 0.25) is 0 Å². The Morgan fingerprint density at radius 1 is 1.35 bits per heavy atom. The Labute approximate surface area is 138 Å². The number of hydrogen-bond donors (Lipinski definition) is 1. The molecule has 1 aromatic carbocycles. The number of rotatable bonds is 5. The summed E-state index contributed by atoms with van der Waals surface area (Å²) in [7, 11) is 3.78. The predicted molar refractivity (Wildman–Crippen MR) is 91.8 cm³/mol. The summed E-state index contributed by atoms with van der Waals surface area (Å²) in [5.41, 5.74) is 1.35. The summed E-state index contributed by atoms with van der Waals surface area (Å²) in [6.45, 7) is 6.37. The van der Waals surface area contributed by atoms with Crippen molar-refractivity contribution in [1.29, 1.82) is 0 Å². The van der Waals surface area contributed by atoms with E-state index in [1.54, 1.807) is 7.11 Å². The third-order valence-corrected chi connectivity index (χ3v) is 4.70. The predicted octanol–water partition coefficient (Wildman–Crippen LogP) is 2.18. The number of nitrogens with one attached hydrogen (secondary N) is 1. The minimum absolute atomic E-state index is 0.337. The van der Waals surface area contributed by atoms with Gasteiger partial charge in [0.25, 0.3) is 0 Å². The number of benzene rings is 1. The fourth-order valence-electron chi connectivity index (χ4n) is 3.31. The van der Waals surface area contributed by atoms with E-state index in [9.17, 15) is 0 Å². The van der Waals surface area contributed by atoms with E-state index in [1.165, 1.54) is 5.56 Å². The molecule has 2 aromatic rings. The summed E-state index contributed by atoms with van der Waals surface area (Å²) in [5, 5.41) is 3.50. The van der Waals surface area contributed by atoms with Gasteiger partial charge in [-0.2, -0.15) is 0 Å². The number of piperazine rings is 1. The Morgan fingerprint density at radius 2 is 2.13 bits per heavy atom. The fourth-order valence-corrected chi connectivity index (χ4v) is 3.31. The number of aromatic nitrogens is 2. The zero-order chi connectivity index (χ0) is 16.2. The van der Waals surface area contributed by atoms with E-state index in [1.807, 2.05) is 24.5 Å². The first-order valence-corrected chi connectivity index (χ1v) is 8.25. The quantitative estimate of drug-likeness (QED) is 0.918. The molecule has 124 valence electrons. The van der Waals surface area contributed by atoms with Crippen LogP contribution in [0.1, 0.15) is 30.3 Å². The molecular weight excluding hydrogens is 288 g/mol. The van der Waals surface area contributed by atoms with E-state index in [0.717, 1.165) is 37.8 Å². The first-order chi connectivity index (χ1) is 11.2. The second-order valence-corrected chi connectivity index (χ2v) is 6.29. The third-order valence-electron chi connectivity index (χ3n) is 4.70. The number of ether oxygens (including phenoxy) is 1. The molecule has 0 amide bonds. The molecule has 5 nitrogen and oxygen atoms in total. The van der Waals surface area contributed by atoms with E-state index >= 15 is 0 Å². The lowest BCUT2D eigenvalue weighted by molar-refractivity contribution is 0.145. The van der Waals surface area contributed by atoms with Gasteiger partial charge in [-0.3, -0.25) is 4.90 Å². The smallest absolute Gasteiger partial charge is 0.127 e. The average molecular weight is 314 g/mol. The molecule has 2 heterocycles. The molecule has 1 aliphatic heterocycles. The van der Waals surface area contributed by atoms with Gasteiger partial charge in [0, 0.05) is 45.6 Å². The molecule has 2 unspecified atom stereocenters. The molecule has 0 saturated carbocycles. The van der Waals surface area contributed by atoms with Gasteiger partial charge >= 0.3 is 0 Å². The molecule has 23 heavy (non-hydrogen) atoms. The number of aryl methyl sites for hydroxylation is 1. The average Bonchev–Trinajstić information content (AvgIpc) is 3.01. The Hall–Kier alpha value is -1.85. The Kier molecular flexibility index (Phi) is 4.98. The highest BCUT2D eigenvalue weighted by molar-refractivity contribution is 5.29. The molecule has 5 heteroatoms. The van der Waals surface area contributed by atoms with E-state index in [0.29, 0.717) is 12.0 Å². The standard InChI is InChI=1S/C18H26N4O/c1-14(15-4-6-16(23-3)7-5-15)13-22-11-8-19-12-17(22)18-20-9-10-21(18)2/h4-7,9-10,14,17,19H,8,11-13H2,1-3H3. The molecular formula is C18H26N4O. The zero-order valence-electron chi connectivity index (χ0n) is 14.2. The van der Waals surface area contributed by atoms with Crippen LogP contribution in [0.5, 0.6) is 5.75 Å². The number of methoxy groups -OCH3 is 1. The largest absolute Gasteiger partial charge is 0.497 e. The van der Waals surface area contributed by atoms with E-state index in [-0.39, 0.29) is 0 Å². The zero-order valence-corrected chi connectivity index (χ0v) is 14.2. The summed E-state index contributed by atoms with van der Waals surface area (Å²) in [4.78, 5) is 7.11. The molecule has 3 rings (SSSR count). The van der Waals surface area contributed by atoms with Crippen molar-refractivity contribution in [3.63, 3.8) is 0 Å². The summed E-state index contributed by atoms with van der Waals surface area (Å²) < 4.78 is 7.38. The number of hydrogen-bond acceptors (Lipinski definition) is 4. The van der Waals surface area contributed by atoms with Gasteiger partial charge in [-0.15, -0.1) is 0 Å². The Balaban J connectivity index is 1.72. The van der Waals surface area contributed by atoms with Crippen LogP contribution < -0.4 is 10.1 Å². The molecule has 0 spiro atoms. The highest BCUT2D eigenvalue weighted by atomic mass is 16.5. The summed E-state index contributed by atoms with van der Waals surface area (Å²) in [6, 6.07) is 8.76. The van der Waals surface area contributed by atoms with Crippen molar-refractivity contribution >= 4 is 0 Å². The lowest BCUT2D eigenvalue weighted by Crippen LogP contribution is -2.47. The van der Waals surface area contributed by atoms with Crippen molar-refractivity contribution in [3.8, 4) is 5.75 Å². The van der Waals surface area contributed by atoms with Gasteiger partial charge in [-0.1, -0.05) is 19.1 Å². The van der Waals surface area contributed by atoms with Crippen molar-refractivity contribution in [1.82, 2.24) is 19.8 Å². The molecule has 0 radical (unpaired) electrons. The van der Waals surface area contributed by atoms with Crippen LogP contribution in [0.15, 0.2) is 36.7 Å². The van der Waals surface area contributed by atoms with E-state index in [4.69, 9.17) is 4.74 Å². The van der Waals surface area contributed by atoms with Crippen LogP contribution in [-0.2, 0) is 7.05 Å². The summed E-state index contributed by atoms with van der Waals surface area (Å²) in [6.07, 6.45) is 3.91. The van der Waals surface area contributed by atoms with Crippen LogP contribution in [0.4, 0.5) is 0 Å². The van der Waals surface area contributed by atoms with Gasteiger partial charge in [0.15, 0.2) is 0 Å². The molecule has 0 bridgehead atoms. The van der Waals surface area contributed by atoms with Gasteiger partial charge in [0.2, 0.25) is 0 Å². The van der Waals surface area contributed by atoms with Gasteiger partial charge in [-0.25, -0.2) is 4.98 Å². The van der Waals surface area contributed by atoms with Crippen LogP contribution in [0.3, 0.4) is 0 Å². The van der Waals surface area contributed by atoms with Crippen LogP contribution >= 0.6 is 0 Å². The second-order valence-electron chi connectivity index (χ2n) is 6.29. The van der Waals surface area contributed by atoms with Crippen molar-refractivity contribution < 1.29 is 4.74 Å². The highest BCUT2D eigenvalue weighted by Gasteiger charge is 2.27. The Morgan fingerprint density at radius 3 is 2.78 bits per heavy atom. The SMILES string of the molecule is COc1ccc(C(C)CN2CCNCC2c2nccn2C)cc1. The van der Waals surface area contributed by atoms with Crippen LogP contribution in [0, 0.1) is 0 Å². The normalized spacial score (nSPS) is 20.4. The molecule has 2 atom stereocenters. The molecule has 1 N–H and O–H groups in total. The first kappa shape index (κ1) is 16.0. The van der Waals surface area contributed by atoms with Crippen molar-refractivity contribution in [2.24, 2.45) is 7.05 Å². The van der Waals surface area contributed by atoms with E-state index < -0.39 is 0 Å². The summed E-state index contributed by atoms with van der Waals surface area (Å²) >= 11 is 0. The maximum atomic E-state index is 5.25. The third kappa shape index (κ3) is 3.57. The van der Waals surface area contributed by atoms with Gasteiger partial charge in [0.1, 0.15) is 11.6 Å². The minimum atomic E-state index is 0.337. The lowest BCUT2D eigenvalue weighted by Gasteiger charge is -2.37. The minimum Gasteiger partial charge on any atom is -0.497 e. The molecule has 1 aromatic heterocycles. The molecule has 1 saturated heterocycles.